The molecule has 0 saturated heterocycles. The normalized spacial score (nSPS) is 12.3. The molecule has 186 valence electrons. The lowest BCUT2D eigenvalue weighted by atomic mass is 10.0. The van der Waals surface area contributed by atoms with E-state index in [0.717, 1.165) is 25.8 Å². The number of carbonyl (C=O) groups excluding carboxylic acids is 1. The number of rotatable bonds is 22. The van der Waals surface area contributed by atoms with Crippen molar-refractivity contribution in [2.24, 2.45) is 0 Å². The van der Waals surface area contributed by atoms with Crippen molar-refractivity contribution in [2.45, 2.75) is 103 Å². The smallest absolute Gasteiger partial charge is 0.356 e. The second-order valence-corrected chi connectivity index (χ2v) is 10.4. The van der Waals surface area contributed by atoms with E-state index in [4.69, 9.17) is 4.55 Å². The molecular formula is C23H49N2O5S+. The zero-order valence-electron chi connectivity index (χ0n) is 20.4. The Labute approximate surface area is 191 Å². The van der Waals surface area contributed by atoms with Crippen molar-refractivity contribution in [3.8, 4) is 0 Å². The van der Waals surface area contributed by atoms with Gasteiger partial charge in [-0.25, -0.2) is 4.18 Å². The predicted octanol–water partition coefficient (Wildman–Crippen LogP) is 4.87. The molecule has 31 heavy (non-hydrogen) atoms. The number of likely N-dealkylation sites (N-methyl/N-ethyl adjacent to an activating group) is 1. The summed E-state index contributed by atoms with van der Waals surface area (Å²) in [7, 11) is -0.452. The summed E-state index contributed by atoms with van der Waals surface area (Å²) in [6, 6.07) is 0. The molecule has 0 aliphatic rings. The summed E-state index contributed by atoms with van der Waals surface area (Å²) >= 11 is 0. The summed E-state index contributed by atoms with van der Waals surface area (Å²) in [6.07, 6.45) is 18.3. The Morgan fingerprint density at radius 2 is 1.29 bits per heavy atom. The van der Waals surface area contributed by atoms with Gasteiger partial charge in [-0.3, -0.25) is 9.35 Å². The van der Waals surface area contributed by atoms with Gasteiger partial charge in [0.25, 0.3) is 0 Å². The largest absolute Gasteiger partial charge is 0.397 e. The highest BCUT2D eigenvalue weighted by Gasteiger charge is 2.16. The zero-order valence-corrected chi connectivity index (χ0v) is 21.2. The van der Waals surface area contributed by atoms with E-state index in [1.807, 2.05) is 14.1 Å². The van der Waals surface area contributed by atoms with Gasteiger partial charge in [0.1, 0.15) is 13.2 Å². The second kappa shape index (κ2) is 18.8. The third kappa shape index (κ3) is 23.8. The summed E-state index contributed by atoms with van der Waals surface area (Å²) in [5, 5.41) is 2.96. The Bertz CT molecular complexity index is 538. The summed E-state index contributed by atoms with van der Waals surface area (Å²) in [5.74, 6) is 0.114. The first kappa shape index (κ1) is 30.3. The van der Waals surface area contributed by atoms with E-state index in [9.17, 15) is 13.2 Å². The molecule has 2 N–H and O–H groups in total. The summed E-state index contributed by atoms with van der Waals surface area (Å²) < 4.78 is 34.6. The van der Waals surface area contributed by atoms with Crippen LogP contribution in [0.5, 0.6) is 0 Å². The molecule has 0 rings (SSSR count). The Morgan fingerprint density at radius 1 is 0.806 bits per heavy atom. The van der Waals surface area contributed by atoms with Crippen molar-refractivity contribution < 1.29 is 26.4 Å². The van der Waals surface area contributed by atoms with Gasteiger partial charge in [0, 0.05) is 19.4 Å². The molecule has 0 aromatic carbocycles. The molecule has 0 bridgehead atoms. The molecular weight excluding hydrogens is 416 g/mol. The maximum absolute atomic E-state index is 11.9. The molecule has 0 aliphatic heterocycles. The number of amides is 1. The monoisotopic (exact) mass is 465 g/mol. The van der Waals surface area contributed by atoms with Crippen LogP contribution in [-0.4, -0.2) is 63.7 Å². The number of hydrogen-bond donors (Lipinski definition) is 2. The lowest BCUT2D eigenvalue weighted by Gasteiger charge is -2.29. The lowest BCUT2D eigenvalue weighted by Crippen LogP contribution is -2.44. The molecule has 0 aromatic rings. The van der Waals surface area contributed by atoms with Crippen LogP contribution in [0.2, 0.25) is 0 Å². The Hall–Kier alpha value is -0.700. The maximum Gasteiger partial charge on any atom is 0.397 e. The molecule has 0 unspecified atom stereocenters. The van der Waals surface area contributed by atoms with E-state index in [-0.39, 0.29) is 12.5 Å². The molecule has 0 radical (unpaired) electrons. The molecule has 0 fully saturated rings. The van der Waals surface area contributed by atoms with Crippen LogP contribution in [0.4, 0.5) is 0 Å². The first-order valence-corrected chi connectivity index (χ1v) is 13.7. The van der Waals surface area contributed by atoms with Crippen molar-refractivity contribution >= 4 is 16.3 Å². The van der Waals surface area contributed by atoms with Gasteiger partial charge in [-0.15, -0.1) is 0 Å². The topological polar surface area (TPSA) is 92.7 Å². The number of carbonyl (C=O) groups is 1. The Morgan fingerprint density at radius 3 is 1.77 bits per heavy atom. The highest BCUT2D eigenvalue weighted by atomic mass is 32.3. The molecule has 7 nitrogen and oxygen atoms in total. The molecule has 0 atom stereocenters. The van der Waals surface area contributed by atoms with E-state index < -0.39 is 10.4 Å². The van der Waals surface area contributed by atoms with Gasteiger partial charge in [-0.05, 0) is 6.42 Å². The molecule has 0 heterocycles. The highest BCUT2D eigenvalue weighted by molar-refractivity contribution is 7.80. The summed E-state index contributed by atoms with van der Waals surface area (Å²) in [4.78, 5) is 11.9. The van der Waals surface area contributed by atoms with E-state index in [1.165, 1.54) is 70.6 Å². The van der Waals surface area contributed by atoms with Crippen molar-refractivity contribution in [3.63, 3.8) is 0 Å². The molecule has 1 amide bonds. The summed E-state index contributed by atoms with van der Waals surface area (Å²) in [5.41, 5.74) is 0. The van der Waals surface area contributed by atoms with Crippen LogP contribution in [0.15, 0.2) is 0 Å². The van der Waals surface area contributed by atoms with Crippen LogP contribution in [0.1, 0.15) is 103 Å². The number of nitrogens with one attached hydrogen (secondary N) is 1. The zero-order chi connectivity index (χ0) is 23.4. The number of quaternary nitrogens is 1. The van der Waals surface area contributed by atoms with Crippen LogP contribution in [0.3, 0.4) is 0 Å². The SMILES string of the molecule is CCCCCCCCCCCCCCCC(=O)NCCC[N+](C)(C)CCOS(=O)(=O)O. The van der Waals surface area contributed by atoms with Crippen molar-refractivity contribution in [1.29, 1.82) is 0 Å². The standard InChI is InChI=1S/C23H48N2O5S/c1-4-5-6-7-8-9-10-11-12-13-14-15-16-18-23(26)24-19-17-20-25(2,3)21-22-30-31(27,28)29/h4-22H2,1-3H3,(H-,24,26,27,28,29)/p+1. The predicted molar refractivity (Wildman–Crippen MR) is 127 cm³/mol. The van der Waals surface area contributed by atoms with Gasteiger partial charge in [0.2, 0.25) is 5.91 Å². The van der Waals surface area contributed by atoms with E-state index in [0.29, 0.717) is 24.0 Å². The third-order valence-corrected chi connectivity index (χ3v) is 6.16. The van der Waals surface area contributed by atoms with Crippen LogP contribution in [0.25, 0.3) is 0 Å². The Kier molecular flexibility index (Phi) is 18.4. The minimum atomic E-state index is -4.37. The van der Waals surface area contributed by atoms with Crippen LogP contribution in [-0.2, 0) is 19.4 Å². The molecule has 0 spiro atoms. The van der Waals surface area contributed by atoms with E-state index in [1.54, 1.807) is 0 Å². The first-order chi connectivity index (χ1) is 14.7. The third-order valence-electron chi connectivity index (χ3n) is 5.70. The van der Waals surface area contributed by atoms with Crippen molar-refractivity contribution in [1.82, 2.24) is 5.32 Å². The average molecular weight is 466 g/mol. The quantitative estimate of drug-likeness (QED) is 0.135. The maximum atomic E-state index is 11.9. The van der Waals surface area contributed by atoms with Crippen LogP contribution in [0, 0.1) is 0 Å². The molecule has 0 saturated carbocycles. The second-order valence-electron chi connectivity index (χ2n) is 9.33. The number of nitrogens with zero attached hydrogens (tertiary/aromatic N) is 1. The van der Waals surface area contributed by atoms with Crippen molar-refractivity contribution in [2.75, 3.05) is 40.3 Å². The number of unbranched alkanes of at least 4 members (excludes halogenated alkanes) is 12. The minimum Gasteiger partial charge on any atom is -0.356 e. The van der Waals surface area contributed by atoms with Gasteiger partial charge in [-0.1, -0.05) is 84.0 Å². The van der Waals surface area contributed by atoms with Crippen LogP contribution >= 0.6 is 0 Å². The lowest BCUT2D eigenvalue weighted by molar-refractivity contribution is -0.890. The van der Waals surface area contributed by atoms with E-state index in [2.05, 4.69) is 16.4 Å². The average Bonchev–Trinajstić information content (AvgIpc) is 2.67. The fourth-order valence-corrected chi connectivity index (χ4v) is 3.91. The fourth-order valence-electron chi connectivity index (χ4n) is 3.63. The van der Waals surface area contributed by atoms with Gasteiger partial charge >= 0.3 is 10.4 Å². The molecule has 0 aromatic heterocycles. The number of hydrogen-bond acceptors (Lipinski definition) is 4. The minimum absolute atomic E-state index is 0.0583. The fraction of sp³-hybridized carbons (Fsp3) is 0.957. The summed E-state index contributed by atoms with van der Waals surface area (Å²) in [6.45, 7) is 4.07. The first-order valence-electron chi connectivity index (χ1n) is 12.4. The Balaban J connectivity index is 3.45. The molecule has 8 heteroatoms. The molecule has 0 aliphatic carbocycles. The van der Waals surface area contributed by atoms with Gasteiger partial charge < -0.3 is 9.80 Å². The van der Waals surface area contributed by atoms with Crippen molar-refractivity contribution in [3.05, 3.63) is 0 Å². The van der Waals surface area contributed by atoms with Gasteiger partial charge in [-0.2, -0.15) is 8.42 Å². The highest BCUT2D eigenvalue weighted by Crippen LogP contribution is 2.13. The van der Waals surface area contributed by atoms with Gasteiger partial charge in [0.15, 0.2) is 0 Å². The van der Waals surface area contributed by atoms with Crippen LogP contribution < -0.4 is 5.32 Å². The van der Waals surface area contributed by atoms with E-state index >= 15 is 0 Å². The van der Waals surface area contributed by atoms with Gasteiger partial charge in [0.05, 0.1) is 20.6 Å².